The normalized spacial score (nSPS) is 39.7. The molecule has 23 heavy (non-hydrogen) atoms. The molecule has 3 aliphatic carbocycles. The van der Waals surface area contributed by atoms with Gasteiger partial charge in [0.25, 0.3) is 0 Å². The van der Waals surface area contributed by atoms with Gasteiger partial charge < -0.3 is 9.47 Å². The van der Waals surface area contributed by atoms with Crippen LogP contribution in [0.2, 0.25) is 0 Å². The van der Waals surface area contributed by atoms with Gasteiger partial charge in [0.2, 0.25) is 0 Å². The van der Waals surface area contributed by atoms with Crippen molar-refractivity contribution in [3.8, 4) is 0 Å². The van der Waals surface area contributed by atoms with Gasteiger partial charge in [-0.25, -0.2) is 0 Å². The molecule has 3 saturated carbocycles. The first-order valence-corrected chi connectivity index (χ1v) is 10.2. The summed E-state index contributed by atoms with van der Waals surface area (Å²) in [4.78, 5) is 0. The van der Waals surface area contributed by atoms with Crippen LogP contribution in [0.4, 0.5) is 0 Å². The molecule has 0 radical (unpaired) electrons. The smallest absolute Gasteiger partial charge is 0.168 e. The Bertz CT molecular complexity index is 425. The molecule has 0 N–H and O–H groups in total. The van der Waals surface area contributed by atoms with Crippen molar-refractivity contribution >= 4 is 0 Å². The van der Waals surface area contributed by atoms with Crippen LogP contribution >= 0.6 is 0 Å². The minimum atomic E-state index is -0.168. The van der Waals surface area contributed by atoms with Gasteiger partial charge in [-0.05, 0) is 81.5 Å². The van der Waals surface area contributed by atoms with E-state index in [0.29, 0.717) is 0 Å². The summed E-state index contributed by atoms with van der Waals surface area (Å²) in [7, 11) is 0. The summed E-state index contributed by atoms with van der Waals surface area (Å²) in [6.07, 6.45) is 17.5. The average Bonchev–Trinajstić information content (AvgIpc) is 3.04. The van der Waals surface area contributed by atoms with Gasteiger partial charge in [-0.1, -0.05) is 18.6 Å². The molecule has 130 valence electrons. The lowest BCUT2D eigenvalue weighted by atomic mass is 9.62. The first kappa shape index (κ1) is 16.1. The monoisotopic (exact) mass is 318 g/mol. The van der Waals surface area contributed by atoms with E-state index in [2.05, 4.69) is 13.0 Å². The highest BCUT2D eigenvalue weighted by Crippen LogP contribution is 2.50. The van der Waals surface area contributed by atoms with E-state index in [-0.39, 0.29) is 5.79 Å². The maximum absolute atomic E-state index is 5.91. The minimum Gasteiger partial charge on any atom is -0.348 e. The first-order valence-electron chi connectivity index (χ1n) is 10.2. The third-order valence-corrected chi connectivity index (χ3v) is 7.31. The van der Waals surface area contributed by atoms with E-state index in [0.717, 1.165) is 49.7 Å². The zero-order valence-corrected chi connectivity index (χ0v) is 14.9. The largest absolute Gasteiger partial charge is 0.348 e. The Labute approximate surface area is 142 Å². The van der Waals surface area contributed by atoms with Gasteiger partial charge in [0.05, 0.1) is 13.2 Å². The maximum Gasteiger partial charge on any atom is 0.168 e. The van der Waals surface area contributed by atoms with Gasteiger partial charge >= 0.3 is 0 Å². The standard InChI is InChI=1S/C21H34O2/c1-2-3-16-4-5-20-15-19(7-6-18(20)14-16)17-8-10-21(11-9-17)22-12-13-23-21/h3,17-20H,2,4-15H2,1H3. The van der Waals surface area contributed by atoms with Crippen LogP contribution in [-0.2, 0) is 9.47 Å². The third kappa shape index (κ3) is 3.39. The first-order chi connectivity index (χ1) is 11.3. The molecule has 4 aliphatic rings. The number of rotatable bonds is 2. The van der Waals surface area contributed by atoms with Crippen LogP contribution in [0.3, 0.4) is 0 Å². The highest BCUT2D eigenvalue weighted by molar-refractivity contribution is 5.08. The number of allylic oxidation sites excluding steroid dienone is 2. The zero-order valence-electron chi connectivity index (χ0n) is 14.9. The van der Waals surface area contributed by atoms with Crippen LogP contribution in [0, 0.1) is 23.7 Å². The lowest BCUT2D eigenvalue weighted by Gasteiger charge is -2.45. The molecule has 1 heterocycles. The van der Waals surface area contributed by atoms with Crippen LogP contribution in [-0.4, -0.2) is 19.0 Å². The molecule has 3 unspecified atom stereocenters. The highest BCUT2D eigenvalue weighted by Gasteiger charge is 2.43. The summed E-state index contributed by atoms with van der Waals surface area (Å²) in [5.41, 5.74) is 1.77. The average molecular weight is 319 g/mol. The Morgan fingerprint density at radius 1 is 0.913 bits per heavy atom. The van der Waals surface area contributed by atoms with E-state index >= 15 is 0 Å². The van der Waals surface area contributed by atoms with Gasteiger partial charge in [0.1, 0.15) is 0 Å². The predicted octanol–water partition coefficient (Wildman–Crippen LogP) is 5.47. The lowest BCUT2D eigenvalue weighted by molar-refractivity contribution is -0.185. The molecule has 2 nitrogen and oxygen atoms in total. The number of ether oxygens (including phenoxy) is 2. The molecule has 0 amide bonds. The number of hydrogen-bond acceptors (Lipinski definition) is 2. The fourth-order valence-corrected chi connectivity index (χ4v) is 6.03. The molecule has 1 spiro atoms. The Kier molecular flexibility index (Phi) is 4.83. The number of fused-ring (bicyclic) bond motifs is 1. The maximum atomic E-state index is 5.91. The van der Waals surface area contributed by atoms with Crippen LogP contribution in [0.25, 0.3) is 0 Å². The molecule has 1 aliphatic heterocycles. The van der Waals surface area contributed by atoms with E-state index in [1.54, 1.807) is 5.57 Å². The molecule has 2 heteroatoms. The Morgan fingerprint density at radius 3 is 2.35 bits per heavy atom. The Balaban J connectivity index is 1.30. The minimum absolute atomic E-state index is 0.168. The number of hydrogen-bond donors (Lipinski definition) is 0. The van der Waals surface area contributed by atoms with Crippen molar-refractivity contribution in [3.05, 3.63) is 11.6 Å². The molecular formula is C21H34O2. The fraction of sp³-hybridized carbons (Fsp3) is 0.905. The van der Waals surface area contributed by atoms with Crippen molar-refractivity contribution < 1.29 is 9.47 Å². The summed E-state index contributed by atoms with van der Waals surface area (Å²) in [5.74, 6) is 3.80. The lowest BCUT2D eigenvalue weighted by Crippen LogP contribution is -2.39. The SMILES string of the molecule is CCC=C1CCC2CC(C3CCC4(CC3)OCCO4)CCC2C1. The summed E-state index contributed by atoms with van der Waals surface area (Å²) in [6.45, 7) is 3.90. The molecular weight excluding hydrogens is 284 g/mol. The summed E-state index contributed by atoms with van der Waals surface area (Å²) < 4.78 is 11.8. The fourth-order valence-electron chi connectivity index (χ4n) is 6.03. The molecule has 0 aromatic rings. The molecule has 0 aromatic carbocycles. The second-order valence-corrected chi connectivity index (χ2v) is 8.55. The van der Waals surface area contributed by atoms with Crippen molar-refractivity contribution in [2.75, 3.05) is 13.2 Å². The quantitative estimate of drug-likeness (QED) is 0.628. The molecule has 0 bridgehead atoms. The topological polar surface area (TPSA) is 18.5 Å². The van der Waals surface area contributed by atoms with Gasteiger partial charge in [-0.2, -0.15) is 0 Å². The van der Waals surface area contributed by atoms with Crippen LogP contribution in [0.5, 0.6) is 0 Å². The van der Waals surface area contributed by atoms with E-state index in [1.165, 1.54) is 57.8 Å². The molecule has 0 aromatic heterocycles. The molecule has 4 fully saturated rings. The highest BCUT2D eigenvalue weighted by atomic mass is 16.7. The van der Waals surface area contributed by atoms with E-state index in [1.807, 2.05) is 0 Å². The predicted molar refractivity (Wildman–Crippen MR) is 93.1 cm³/mol. The zero-order chi connectivity index (χ0) is 15.7. The Hall–Kier alpha value is -0.340. The van der Waals surface area contributed by atoms with E-state index in [4.69, 9.17) is 9.47 Å². The summed E-state index contributed by atoms with van der Waals surface area (Å²) in [5, 5.41) is 0. The van der Waals surface area contributed by atoms with Gasteiger partial charge in [-0.3, -0.25) is 0 Å². The summed E-state index contributed by atoms with van der Waals surface area (Å²) >= 11 is 0. The second kappa shape index (κ2) is 6.88. The van der Waals surface area contributed by atoms with Gasteiger partial charge in [0.15, 0.2) is 5.79 Å². The summed E-state index contributed by atoms with van der Waals surface area (Å²) in [6, 6.07) is 0. The van der Waals surface area contributed by atoms with Gasteiger partial charge in [0, 0.05) is 12.8 Å². The van der Waals surface area contributed by atoms with Crippen molar-refractivity contribution in [2.24, 2.45) is 23.7 Å². The van der Waals surface area contributed by atoms with Crippen LogP contribution in [0.1, 0.15) is 77.6 Å². The van der Waals surface area contributed by atoms with E-state index in [9.17, 15) is 0 Å². The molecule has 4 rings (SSSR count). The molecule has 3 atom stereocenters. The van der Waals surface area contributed by atoms with Crippen LogP contribution < -0.4 is 0 Å². The van der Waals surface area contributed by atoms with Crippen LogP contribution in [0.15, 0.2) is 11.6 Å². The second-order valence-electron chi connectivity index (χ2n) is 8.55. The van der Waals surface area contributed by atoms with Gasteiger partial charge in [-0.15, -0.1) is 0 Å². The van der Waals surface area contributed by atoms with Crippen molar-refractivity contribution in [3.63, 3.8) is 0 Å². The van der Waals surface area contributed by atoms with E-state index < -0.39 is 0 Å². The van der Waals surface area contributed by atoms with Crippen molar-refractivity contribution in [1.29, 1.82) is 0 Å². The van der Waals surface area contributed by atoms with Crippen molar-refractivity contribution in [2.45, 2.75) is 83.3 Å². The van der Waals surface area contributed by atoms with Crippen molar-refractivity contribution in [1.82, 2.24) is 0 Å². The third-order valence-electron chi connectivity index (χ3n) is 7.31. The molecule has 1 saturated heterocycles. The Morgan fingerprint density at radius 2 is 1.61 bits per heavy atom.